The van der Waals surface area contributed by atoms with E-state index in [1.54, 1.807) is 40.7 Å². The van der Waals surface area contributed by atoms with E-state index in [1.165, 1.54) is 13.5 Å². The number of sulfonamides is 1. The van der Waals surface area contributed by atoms with Crippen LogP contribution in [0, 0.1) is 0 Å². The van der Waals surface area contributed by atoms with E-state index in [0.29, 0.717) is 30.1 Å². The summed E-state index contributed by atoms with van der Waals surface area (Å²) in [6.07, 6.45) is 6.15. The van der Waals surface area contributed by atoms with Gasteiger partial charge in [-0.1, -0.05) is 18.6 Å². The van der Waals surface area contributed by atoms with Crippen molar-refractivity contribution in [3.05, 3.63) is 48.0 Å². The molecule has 7 nitrogen and oxygen atoms in total. The van der Waals surface area contributed by atoms with Gasteiger partial charge in [0.15, 0.2) is 0 Å². The molecule has 4 rings (SSSR count). The minimum absolute atomic E-state index is 0.218. The molecule has 2 aromatic carbocycles. The summed E-state index contributed by atoms with van der Waals surface area (Å²) in [5, 5.41) is 2.97. The van der Waals surface area contributed by atoms with Crippen molar-refractivity contribution in [2.75, 3.05) is 43.5 Å². The summed E-state index contributed by atoms with van der Waals surface area (Å²) in [5.74, 6) is 0.148. The van der Waals surface area contributed by atoms with Gasteiger partial charge in [-0.2, -0.15) is 4.31 Å². The molecule has 0 spiro atoms. The van der Waals surface area contributed by atoms with Crippen LogP contribution in [0.15, 0.2) is 47.4 Å². The molecule has 0 atom stereocenters. The van der Waals surface area contributed by atoms with Gasteiger partial charge in [-0.3, -0.25) is 4.79 Å². The number of rotatable bonds is 6. The van der Waals surface area contributed by atoms with E-state index in [4.69, 9.17) is 4.74 Å². The predicted molar refractivity (Wildman–Crippen MR) is 126 cm³/mol. The standard InChI is InChI=1S/C24H31N3O4S/c1-31-23-11-5-4-10-20(23)24(28)25-21-18-19(32(29,30)27-16-8-3-9-17-27)12-13-22(21)26-14-6-2-7-15-26/h4-5,10-13,18H,2-3,6-9,14-17H2,1H3,(H,25,28). The fraction of sp³-hybridized carbons (Fsp3) is 0.458. The molecule has 2 fully saturated rings. The molecular weight excluding hydrogens is 426 g/mol. The van der Waals surface area contributed by atoms with Crippen LogP contribution < -0.4 is 15.0 Å². The van der Waals surface area contributed by atoms with Crippen LogP contribution in [0.25, 0.3) is 0 Å². The summed E-state index contributed by atoms with van der Waals surface area (Å²) in [7, 11) is -2.08. The van der Waals surface area contributed by atoms with Gasteiger partial charge in [0.25, 0.3) is 5.91 Å². The SMILES string of the molecule is COc1ccccc1C(=O)Nc1cc(S(=O)(=O)N2CCCCC2)ccc1N1CCCCC1. The van der Waals surface area contributed by atoms with Crippen LogP contribution in [0.5, 0.6) is 5.75 Å². The molecule has 0 aromatic heterocycles. The first-order valence-corrected chi connectivity index (χ1v) is 12.8. The first-order valence-electron chi connectivity index (χ1n) is 11.3. The number of carbonyl (C=O) groups excluding carboxylic acids is 1. The molecule has 172 valence electrons. The zero-order valence-electron chi connectivity index (χ0n) is 18.5. The molecular formula is C24H31N3O4S. The number of anilines is 2. The van der Waals surface area contributed by atoms with Crippen molar-refractivity contribution in [1.82, 2.24) is 4.31 Å². The first-order chi connectivity index (χ1) is 15.5. The second-order valence-electron chi connectivity index (χ2n) is 8.35. The van der Waals surface area contributed by atoms with E-state index in [-0.39, 0.29) is 10.8 Å². The van der Waals surface area contributed by atoms with Crippen LogP contribution in [-0.4, -0.2) is 51.9 Å². The molecule has 0 radical (unpaired) electrons. The highest BCUT2D eigenvalue weighted by molar-refractivity contribution is 7.89. The second-order valence-corrected chi connectivity index (χ2v) is 10.3. The lowest BCUT2D eigenvalue weighted by atomic mass is 10.1. The van der Waals surface area contributed by atoms with Crippen LogP contribution in [0.4, 0.5) is 11.4 Å². The smallest absolute Gasteiger partial charge is 0.259 e. The third-order valence-electron chi connectivity index (χ3n) is 6.22. The van der Waals surface area contributed by atoms with Crippen LogP contribution in [-0.2, 0) is 10.0 Å². The Morgan fingerprint density at radius 2 is 1.56 bits per heavy atom. The molecule has 2 saturated heterocycles. The first kappa shape index (κ1) is 22.6. The zero-order chi connectivity index (χ0) is 22.6. The van der Waals surface area contributed by atoms with E-state index >= 15 is 0 Å². The van der Waals surface area contributed by atoms with E-state index in [9.17, 15) is 13.2 Å². The minimum atomic E-state index is -3.61. The summed E-state index contributed by atoms with van der Waals surface area (Å²) in [6.45, 7) is 2.85. The molecule has 32 heavy (non-hydrogen) atoms. The van der Waals surface area contributed by atoms with Crippen molar-refractivity contribution in [3.63, 3.8) is 0 Å². The summed E-state index contributed by atoms with van der Waals surface area (Å²) in [5.41, 5.74) is 1.77. The van der Waals surface area contributed by atoms with Crippen molar-refractivity contribution < 1.29 is 17.9 Å². The molecule has 0 unspecified atom stereocenters. The maximum Gasteiger partial charge on any atom is 0.259 e. The Hall–Kier alpha value is -2.58. The van der Waals surface area contributed by atoms with Crippen LogP contribution in [0.1, 0.15) is 48.9 Å². The summed E-state index contributed by atoms with van der Waals surface area (Å²) >= 11 is 0. The number of ether oxygens (including phenoxy) is 1. The highest BCUT2D eigenvalue weighted by Gasteiger charge is 2.28. The normalized spacial score (nSPS) is 17.7. The van der Waals surface area contributed by atoms with E-state index in [1.807, 2.05) is 6.07 Å². The molecule has 1 amide bonds. The number of carbonyl (C=O) groups is 1. The molecule has 0 aliphatic carbocycles. The van der Waals surface area contributed by atoms with Crippen LogP contribution in [0.3, 0.4) is 0 Å². The number of piperidine rings is 2. The second kappa shape index (κ2) is 9.92. The molecule has 2 aliphatic heterocycles. The average Bonchev–Trinajstić information content (AvgIpc) is 2.85. The molecule has 2 heterocycles. The fourth-order valence-corrected chi connectivity index (χ4v) is 6.01. The summed E-state index contributed by atoms with van der Waals surface area (Å²) in [4.78, 5) is 15.6. The van der Waals surface area contributed by atoms with Gasteiger partial charge in [0.1, 0.15) is 5.75 Å². The number of hydrogen-bond donors (Lipinski definition) is 1. The summed E-state index contributed by atoms with van der Waals surface area (Å²) < 4.78 is 33.4. The van der Waals surface area contributed by atoms with Crippen LogP contribution >= 0.6 is 0 Å². The lowest BCUT2D eigenvalue weighted by molar-refractivity contribution is 0.102. The Bertz CT molecular complexity index is 1060. The van der Waals surface area contributed by atoms with Crippen molar-refractivity contribution in [1.29, 1.82) is 0 Å². The minimum Gasteiger partial charge on any atom is -0.496 e. The molecule has 0 saturated carbocycles. The maximum absolute atomic E-state index is 13.3. The Morgan fingerprint density at radius 1 is 0.906 bits per heavy atom. The maximum atomic E-state index is 13.3. The zero-order valence-corrected chi connectivity index (χ0v) is 19.4. The van der Waals surface area contributed by atoms with Gasteiger partial charge < -0.3 is 15.0 Å². The van der Waals surface area contributed by atoms with Crippen molar-refractivity contribution >= 4 is 27.3 Å². The van der Waals surface area contributed by atoms with Gasteiger partial charge in [-0.15, -0.1) is 0 Å². The van der Waals surface area contributed by atoms with E-state index in [2.05, 4.69) is 10.2 Å². The largest absolute Gasteiger partial charge is 0.496 e. The number of para-hydroxylation sites is 1. The number of methoxy groups -OCH3 is 1. The Balaban J connectivity index is 1.70. The van der Waals surface area contributed by atoms with Gasteiger partial charge in [-0.05, 0) is 62.4 Å². The van der Waals surface area contributed by atoms with Gasteiger partial charge in [0, 0.05) is 26.2 Å². The fourth-order valence-electron chi connectivity index (χ4n) is 4.46. The quantitative estimate of drug-likeness (QED) is 0.706. The Kier molecular flexibility index (Phi) is 7.01. The molecule has 2 aromatic rings. The van der Waals surface area contributed by atoms with Gasteiger partial charge in [0.2, 0.25) is 10.0 Å². The van der Waals surface area contributed by atoms with Crippen molar-refractivity contribution in [2.24, 2.45) is 0 Å². The predicted octanol–water partition coefficient (Wildman–Crippen LogP) is 4.11. The molecule has 8 heteroatoms. The van der Waals surface area contributed by atoms with E-state index in [0.717, 1.165) is 50.9 Å². The van der Waals surface area contributed by atoms with Gasteiger partial charge in [-0.25, -0.2) is 8.42 Å². The number of nitrogens with one attached hydrogen (secondary N) is 1. The topological polar surface area (TPSA) is 78.9 Å². The van der Waals surface area contributed by atoms with Crippen molar-refractivity contribution in [2.45, 2.75) is 43.4 Å². The van der Waals surface area contributed by atoms with E-state index < -0.39 is 10.0 Å². The lowest BCUT2D eigenvalue weighted by Crippen LogP contribution is -2.35. The number of hydrogen-bond acceptors (Lipinski definition) is 5. The Morgan fingerprint density at radius 3 is 2.25 bits per heavy atom. The number of amides is 1. The molecule has 2 aliphatic rings. The van der Waals surface area contributed by atoms with Crippen molar-refractivity contribution in [3.8, 4) is 5.75 Å². The third kappa shape index (κ3) is 4.76. The number of benzene rings is 2. The van der Waals surface area contributed by atoms with Gasteiger partial charge >= 0.3 is 0 Å². The Labute approximate surface area is 190 Å². The lowest BCUT2D eigenvalue weighted by Gasteiger charge is -2.31. The monoisotopic (exact) mass is 457 g/mol. The molecule has 1 N–H and O–H groups in total. The highest BCUT2D eigenvalue weighted by atomic mass is 32.2. The van der Waals surface area contributed by atoms with Gasteiger partial charge in [0.05, 0.1) is 28.9 Å². The number of nitrogens with zero attached hydrogens (tertiary/aromatic N) is 2. The summed E-state index contributed by atoms with van der Waals surface area (Å²) in [6, 6.07) is 12.1. The molecule has 0 bridgehead atoms. The average molecular weight is 458 g/mol. The highest BCUT2D eigenvalue weighted by Crippen LogP contribution is 2.33. The van der Waals surface area contributed by atoms with Crippen LogP contribution in [0.2, 0.25) is 0 Å². The third-order valence-corrected chi connectivity index (χ3v) is 8.11.